The summed E-state index contributed by atoms with van der Waals surface area (Å²) in [4.78, 5) is 0. The van der Waals surface area contributed by atoms with Crippen molar-refractivity contribution in [1.29, 1.82) is 0 Å². The Labute approximate surface area is 66.8 Å². The van der Waals surface area contributed by atoms with Crippen molar-refractivity contribution in [2.45, 2.75) is 0 Å². The summed E-state index contributed by atoms with van der Waals surface area (Å²) < 4.78 is 9.85. The van der Waals surface area contributed by atoms with Crippen LogP contribution >= 0.6 is 0 Å². The molecule has 0 aliphatic rings. The van der Waals surface area contributed by atoms with Crippen LogP contribution < -0.4 is 4.74 Å². The average molecular weight is 150 g/mol. The summed E-state index contributed by atoms with van der Waals surface area (Å²) in [5.74, 6) is 0.765. The highest BCUT2D eigenvalue weighted by atomic mass is 16.7. The molecule has 0 spiro atoms. The summed E-state index contributed by atoms with van der Waals surface area (Å²) in [7, 11) is 1.58. The van der Waals surface area contributed by atoms with E-state index >= 15 is 0 Å². The smallest absolute Gasteiger partial charge is 0.188 e. The molecule has 0 aliphatic heterocycles. The van der Waals surface area contributed by atoms with Crippen LogP contribution in [0.5, 0.6) is 5.75 Å². The predicted octanol–water partition coefficient (Wildman–Crippen LogP) is 1.73. The van der Waals surface area contributed by atoms with Crippen molar-refractivity contribution >= 4 is 0 Å². The minimum atomic E-state index is 0.268. The summed E-state index contributed by atoms with van der Waals surface area (Å²) >= 11 is 0. The molecule has 2 radical (unpaired) electrons. The van der Waals surface area contributed by atoms with Gasteiger partial charge in [0.15, 0.2) is 6.79 Å². The van der Waals surface area contributed by atoms with Gasteiger partial charge in [0, 0.05) is 7.11 Å². The van der Waals surface area contributed by atoms with E-state index < -0.39 is 0 Å². The maximum absolute atomic E-state index is 5.47. The van der Waals surface area contributed by atoms with Gasteiger partial charge in [-0.3, -0.25) is 0 Å². The van der Waals surface area contributed by atoms with Gasteiger partial charge in [-0.05, 0) is 24.6 Å². The van der Waals surface area contributed by atoms with Crippen molar-refractivity contribution in [2.24, 2.45) is 0 Å². The lowest BCUT2D eigenvalue weighted by Gasteiger charge is -2.03. The highest BCUT2D eigenvalue weighted by molar-refractivity contribution is 5.28. The van der Waals surface area contributed by atoms with Gasteiger partial charge in [0.2, 0.25) is 0 Å². The zero-order valence-electron chi connectivity index (χ0n) is 6.41. The van der Waals surface area contributed by atoms with Crippen molar-refractivity contribution in [2.75, 3.05) is 13.9 Å². The molecule has 0 saturated carbocycles. The maximum Gasteiger partial charge on any atom is 0.188 e. The number of ether oxygens (including phenoxy) is 2. The molecule has 0 atom stereocenters. The van der Waals surface area contributed by atoms with Crippen molar-refractivity contribution in [3.63, 3.8) is 0 Å². The van der Waals surface area contributed by atoms with Crippen LogP contribution in [0.4, 0.5) is 0 Å². The first-order valence-electron chi connectivity index (χ1n) is 3.30. The van der Waals surface area contributed by atoms with Gasteiger partial charge in [-0.1, -0.05) is 12.1 Å². The van der Waals surface area contributed by atoms with Crippen LogP contribution in [-0.4, -0.2) is 13.9 Å². The molecule has 11 heavy (non-hydrogen) atoms. The monoisotopic (exact) mass is 150 g/mol. The third-order valence-corrected chi connectivity index (χ3v) is 1.22. The fraction of sp³-hybridized carbons (Fsp3) is 0.222. The number of hydrogen-bond donors (Lipinski definition) is 0. The van der Waals surface area contributed by atoms with Crippen LogP contribution in [0.2, 0.25) is 0 Å². The second-order valence-electron chi connectivity index (χ2n) is 2.12. The lowest BCUT2D eigenvalue weighted by Crippen LogP contribution is -1.98. The third kappa shape index (κ3) is 2.60. The molecule has 1 rings (SSSR count). The molecule has 0 heterocycles. The summed E-state index contributed by atoms with van der Waals surface area (Å²) in [6, 6.07) is 7.17. The molecule has 0 aromatic heterocycles. The topological polar surface area (TPSA) is 18.5 Å². The van der Waals surface area contributed by atoms with E-state index in [0.29, 0.717) is 0 Å². The van der Waals surface area contributed by atoms with Crippen LogP contribution in [0.15, 0.2) is 24.3 Å². The van der Waals surface area contributed by atoms with Gasteiger partial charge in [-0.15, -0.1) is 0 Å². The molecular weight excluding hydrogens is 140 g/mol. The van der Waals surface area contributed by atoms with Gasteiger partial charge in [0.05, 0.1) is 0 Å². The molecule has 0 saturated heterocycles. The molecule has 1 aromatic carbocycles. The zero-order valence-corrected chi connectivity index (χ0v) is 6.41. The second kappa shape index (κ2) is 3.98. The third-order valence-electron chi connectivity index (χ3n) is 1.22. The van der Waals surface area contributed by atoms with E-state index in [0.717, 1.165) is 11.3 Å². The van der Waals surface area contributed by atoms with E-state index in [1.807, 2.05) is 0 Å². The fourth-order valence-electron chi connectivity index (χ4n) is 0.691. The number of benzene rings is 1. The number of methoxy groups -OCH3 is 1. The maximum atomic E-state index is 5.47. The normalized spacial score (nSPS) is 9.64. The number of hydrogen-bond acceptors (Lipinski definition) is 2. The molecule has 0 fully saturated rings. The Morgan fingerprint density at radius 1 is 1.27 bits per heavy atom. The van der Waals surface area contributed by atoms with E-state index in [-0.39, 0.29) is 6.79 Å². The van der Waals surface area contributed by atoms with Crippen LogP contribution in [0.3, 0.4) is 0 Å². The molecule has 58 valence electrons. The Bertz CT molecular complexity index is 203. The predicted molar refractivity (Wildman–Crippen MR) is 42.3 cm³/mol. The Morgan fingerprint density at radius 2 is 1.91 bits per heavy atom. The molecule has 0 amide bonds. The van der Waals surface area contributed by atoms with Gasteiger partial charge in [0.1, 0.15) is 5.75 Å². The first-order chi connectivity index (χ1) is 5.33. The first kappa shape index (κ1) is 8.08. The largest absolute Gasteiger partial charge is 0.468 e. The van der Waals surface area contributed by atoms with E-state index in [1.165, 1.54) is 0 Å². The molecule has 2 nitrogen and oxygen atoms in total. The van der Waals surface area contributed by atoms with Crippen molar-refractivity contribution < 1.29 is 9.47 Å². The van der Waals surface area contributed by atoms with Gasteiger partial charge in [0.25, 0.3) is 0 Å². The highest BCUT2D eigenvalue weighted by Crippen LogP contribution is 2.10. The zero-order chi connectivity index (χ0) is 8.10. The molecule has 0 bridgehead atoms. The summed E-state index contributed by atoms with van der Waals surface area (Å²) in [6.07, 6.45) is 0. The number of rotatable bonds is 3. The van der Waals surface area contributed by atoms with Crippen LogP contribution in [0.25, 0.3) is 0 Å². The minimum absolute atomic E-state index is 0.268. The highest BCUT2D eigenvalue weighted by Gasteiger charge is 1.89. The summed E-state index contributed by atoms with van der Waals surface area (Å²) in [5, 5.41) is 0. The molecule has 0 unspecified atom stereocenters. The second-order valence-corrected chi connectivity index (χ2v) is 2.12. The Kier molecular flexibility index (Phi) is 2.93. The Balaban J connectivity index is 2.52. The lowest BCUT2D eigenvalue weighted by molar-refractivity contribution is 0.0511. The van der Waals surface area contributed by atoms with Crippen LogP contribution in [-0.2, 0) is 4.74 Å². The van der Waals surface area contributed by atoms with E-state index in [2.05, 4.69) is 0 Å². The van der Waals surface area contributed by atoms with E-state index in [1.54, 1.807) is 31.4 Å². The molecule has 2 heteroatoms. The Hall–Kier alpha value is -1.02. The van der Waals surface area contributed by atoms with Gasteiger partial charge < -0.3 is 9.47 Å². The van der Waals surface area contributed by atoms with E-state index in [9.17, 15) is 0 Å². The van der Waals surface area contributed by atoms with Crippen molar-refractivity contribution in [1.82, 2.24) is 0 Å². The van der Waals surface area contributed by atoms with Gasteiger partial charge in [-0.25, -0.2) is 0 Å². The summed E-state index contributed by atoms with van der Waals surface area (Å²) in [5.41, 5.74) is 0.731. The van der Waals surface area contributed by atoms with Crippen molar-refractivity contribution in [3.8, 4) is 5.75 Å². The van der Waals surface area contributed by atoms with Crippen LogP contribution in [0, 0.1) is 6.92 Å². The minimum Gasteiger partial charge on any atom is -0.468 e. The average Bonchev–Trinajstić information content (AvgIpc) is 2.04. The van der Waals surface area contributed by atoms with Gasteiger partial charge >= 0.3 is 0 Å². The standard InChI is InChI=1S/C9H10O2/c1-8-3-5-9(6-4-8)11-7-10-2/h1,3-6H,7H2,2H3. The summed E-state index contributed by atoms with van der Waals surface area (Å²) in [6.45, 7) is 5.74. The molecule has 0 N–H and O–H groups in total. The molecular formula is C9H10O2. The quantitative estimate of drug-likeness (QED) is 0.611. The van der Waals surface area contributed by atoms with Gasteiger partial charge in [-0.2, -0.15) is 0 Å². The Morgan fingerprint density at radius 3 is 2.45 bits per heavy atom. The molecule has 1 aromatic rings. The SMILES string of the molecule is [CH]c1ccc(OCOC)cc1. The fourth-order valence-corrected chi connectivity index (χ4v) is 0.691. The lowest BCUT2D eigenvalue weighted by atomic mass is 10.2. The first-order valence-corrected chi connectivity index (χ1v) is 3.30. The molecule has 0 aliphatic carbocycles. The van der Waals surface area contributed by atoms with Crippen molar-refractivity contribution in [3.05, 3.63) is 36.8 Å². The van der Waals surface area contributed by atoms with Crippen LogP contribution in [0.1, 0.15) is 5.56 Å². The van der Waals surface area contributed by atoms with E-state index in [4.69, 9.17) is 16.4 Å².